The molecule has 1 aliphatic rings. The van der Waals surface area contributed by atoms with Crippen LogP contribution in [0.15, 0.2) is 0 Å². The Kier molecular flexibility index (Phi) is 1.90. The molecule has 10 heavy (non-hydrogen) atoms. The molecule has 0 aliphatic heterocycles. The molecule has 0 spiro atoms. The summed E-state index contributed by atoms with van der Waals surface area (Å²) in [4.78, 5) is 0. The zero-order chi connectivity index (χ0) is 7.78. The van der Waals surface area contributed by atoms with Gasteiger partial charge in [-0.2, -0.15) is 13.2 Å². The van der Waals surface area contributed by atoms with Gasteiger partial charge < -0.3 is 5.11 Å². The molecule has 0 radical (unpaired) electrons. The minimum Gasteiger partial charge on any atom is -0.393 e. The molecule has 0 unspecified atom stereocenters. The standard InChI is InChI=1S/C6H9F3O/c7-6(8,9)4-1-2-5(10)3-4/h4-5,10H,1-3H2/t4-,5+/m0/s1. The Bertz CT molecular complexity index is 121. The third-order valence-electron chi connectivity index (χ3n) is 1.87. The first-order valence-electron chi connectivity index (χ1n) is 3.25. The number of halogens is 3. The largest absolute Gasteiger partial charge is 0.393 e. The molecule has 1 nitrogen and oxygen atoms in total. The lowest BCUT2D eigenvalue weighted by atomic mass is 10.1. The average molecular weight is 154 g/mol. The smallest absolute Gasteiger partial charge is 0.391 e. The Morgan fingerprint density at radius 2 is 1.80 bits per heavy atom. The van der Waals surface area contributed by atoms with Crippen LogP contribution >= 0.6 is 0 Å². The lowest BCUT2D eigenvalue weighted by molar-refractivity contribution is -0.174. The van der Waals surface area contributed by atoms with Crippen molar-refractivity contribution in [3.63, 3.8) is 0 Å². The molecular formula is C6H9F3O. The summed E-state index contributed by atoms with van der Waals surface area (Å²) in [5.74, 6) is -1.26. The number of hydrogen-bond acceptors (Lipinski definition) is 1. The van der Waals surface area contributed by atoms with Gasteiger partial charge in [0, 0.05) is 0 Å². The molecule has 1 saturated carbocycles. The van der Waals surface area contributed by atoms with Crippen molar-refractivity contribution in [1.29, 1.82) is 0 Å². The highest BCUT2D eigenvalue weighted by Crippen LogP contribution is 2.38. The van der Waals surface area contributed by atoms with Crippen molar-refractivity contribution < 1.29 is 18.3 Å². The maximum Gasteiger partial charge on any atom is 0.391 e. The molecule has 0 aromatic carbocycles. The Morgan fingerprint density at radius 3 is 2.00 bits per heavy atom. The van der Waals surface area contributed by atoms with Crippen molar-refractivity contribution in [2.24, 2.45) is 5.92 Å². The SMILES string of the molecule is O[C@@H]1CC[C@H](C(F)(F)F)C1. The Labute approximate surface area is 56.8 Å². The summed E-state index contributed by atoms with van der Waals surface area (Å²) < 4.78 is 35.5. The van der Waals surface area contributed by atoms with Gasteiger partial charge in [0.2, 0.25) is 0 Å². The molecule has 0 aromatic rings. The molecule has 1 rings (SSSR count). The van der Waals surface area contributed by atoms with Crippen LogP contribution in [0.5, 0.6) is 0 Å². The molecule has 2 atom stereocenters. The maximum atomic E-state index is 11.8. The number of aliphatic hydroxyl groups is 1. The molecule has 4 heteroatoms. The fraction of sp³-hybridized carbons (Fsp3) is 1.00. The van der Waals surface area contributed by atoms with Crippen LogP contribution in [0.4, 0.5) is 13.2 Å². The molecule has 1 N–H and O–H groups in total. The summed E-state index contributed by atoms with van der Waals surface area (Å²) in [7, 11) is 0. The Balaban J connectivity index is 2.45. The predicted octanol–water partition coefficient (Wildman–Crippen LogP) is 1.71. The van der Waals surface area contributed by atoms with E-state index in [4.69, 9.17) is 5.11 Å². The van der Waals surface area contributed by atoms with E-state index >= 15 is 0 Å². The number of alkyl halides is 3. The van der Waals surface area contributed by atoms with Gasteiger partial charge in [-0.25, -0.2) is 0 Å². The van der Waals surface area contributed by atoms with E-state index in [0.29, 0.717) is 6.42 Å². The van der Waals surface area contributed by atoms with Crippen molar-refractivity contribution in [2.75, 3.05) is 0 Å². The van der Waals surface area contributed by atoms with Crippen LogP contribution < -0.4 is 0 Å². The normalized spacial score (nSPS) is 34.8. The van der Waals surface area contributed by atoms with Gasteiger partial charge in [0.15, 0.2) is 0 Å². The van der Waals surface area contributed by atoms with E-state index in [2.05, 4.69) is 0 Å². The lowest BCUT2D eigenvalue weighted by Crippen LogP contribution is -2.20. The topological polar surface area (TPSA) is 20.2 Å². The fourth-order valence-corrected chi connectivity index (χ4v) is 1.25. The molecule has 0 heterocycles. The van der Waals surface area contributed by atoms with Gasteiger partial charge in [-0.3, -0.25) is 0 Å². The molecule has 0 saturated heterocycles. The highest BCUT2D eigenvalue weighted by Gasteiger charge is 2.43. The summed E-state index contributed by atoms with van der Waals surface area (Å²) in [6, 6.07) is 0. The zero-order valence-corrected chi connectivity index (χ0v) is 5.36. The fourth-order valence-electron chi connectivity index (χ4n) is 1.25. The molecule has 1 fully saturated rings. The van der Waals surface area contributed by atoms with Gasteiger partial charge in [-0.15, -0.1) is 0 Å². The molecule has 1 aliphatic carbocycles. The van der Waals surface area contributed by atoms with Crippen LogP contribution in [0.25, 0.3) is 0 Å². The Morgan fingerprint density at radius 1 is 1.20 bits per heavy atom. The van der Waals surface area contributed by atoms with Crippen molar-refractivity contribution in [1.82, 2.24) is 0 Å². The highest BCUT2D eigenvalue weighted by molar-refractivity contribution is 4.79. The average Bonchev–Trinajstić information content (AvgIpc) is 2.11. The summed E-state index contributed by atoms with van der Waals surface area (Å²) in [6.45, 7) is 0. The highest BCUT2D eigenvalue weighted by atomic mass is 19.4. The second-order valence-electron chi connectivity index (χ2n) is 2.71. The maximum absolute atomic E-state index is 11.8. The van der Waals surface area contributed by atoms with Crippen molar-refractivity contribution >= 4 is 0 Å². The second-order valence-corrected chi connectivity index (χ2v) is 2.71. The van der Waals surface area contributed by atoms with E-state index in [-0.39, 0.29) is 12.8 Å². The third kappa shape index (κ3) is 1.62. The molecule has 60 valence electrons. The zero-order valence-electron chi connectivity index (χ0n) is 5.36. The number of hydrogen-bond donors (Lipinski definition) is 1. The summed E-state index contributed by atoms with van der Waals surface area (Å²) >= 11 is 0. The summed E-state index contributed by atoms with van der Waals surface area (Å²) in [6.07, 6.45) is -4.55. The number of aliphatic hydroxyl groups excluding tert-OH is 1. The molecule has 0 amide bonds. The van der Waals surface area contributed by atoms with E-state index < -0.39 is 18.2 Å². The van der Waals surface area contributed by atoms with Gasteiger partial charge in [0.25, 0.3) is 0 Å². The lowest BCUT2D eigenvalue weighted by Gasteiger charge is -2.12. The minimum absolute atomic E-state index is 0.0880. The molecule has 0 bridgehead atoms. The van der Waals surface area contributed by atoms with Crippen LogP contribution in [-0.4, -0.2) is 17.4 Å². The van der Waals surface area contributed by atoms with Crippen LogP contribution in [0, 0.1) is 5.92 Å². The Hall–Kier alpha value is -0.250. The van der Waals surface area contributed by atoms with Crippen LogP contribution in [0.1, 0.15) is 19.3 Å². The quantitative estimate of drug-likeness (QED) is 0.563. The van der Waals surface area contributed by atoms with Crippen LogP contribution in [0.3, 0.4) is 0 Å². The monoisotopic (exact) mass is 154 g/mol. The van der Waals surface area contributed by atoms with Gasteiger partial charge in [0.05, 0.1) is 12.0 Å². The van der Waals surface area contributed by atoms with Gasteiger partial charge in [-0.1, -0.05) is 0 Å². The summed E-state index contributed by atoms with van der Waals surface area (Å²) in [5, 5.41) is 8.76. The van der Waals surface area contributed by atoms with E-state index in [9.17, 15) is 13.2 Å². The van der Waals surface area contributed by atoms with Crippen LogP contribution in [0.2, 0.25) is 0 Å². The van der Waals surface area contributed by atoms with Crippen LogP contribution in [-0.2, 0) is 0 Å². The van der Waals surface area contributed by atoms with Crippen molar-refractivity contribution in [3.8, 4) is 0 Å². The predicted molar refractivity (Wildman–Crippen MR) is 29.4 cm³/mol. The van der Waals surface area contributed by atoms with Gasteiger partial charge >= 0.3 is 6.18 Å². The second kappa shape index (κ2) is 2.42. The number of rotatable bonds is 0. The van der Waals surface area contributed by atoms with E-state index in [1.165, 1.54) is 0 Å². The first-order valence-corrected chi connectivity index (χ1v) is 3.25. The first-order chi connectivity index (χ1) is 4.50. The molecule has 0 aromatic heterocycles. The minimum atomic E-state index is -4.10. The summed E-state index contributed by atoms with van der Waals surface area (Å²) in [5.41, 5.74) is 0. The van der Waals surface area contributed by atoms with Gasteiger partial charge in [0.1, 0.15) is 0 Å². The van der Waals surface area contributed by atoms with Gasteiger partial charge in [-0.05, 0) is 19.3 Å². The molecular weight excluding hydrogens is 145 g/mol. The third-order valence-corrected chi connectivity index (χ3v) is 1.87. The van der Waals surface area contributed by atoms with Crippen molar-refractivity contribution in [3.05, 3.63) is 0 Å². The van der Waals surface area contributed by atoms with E-state index in [0.717, 1.165) is 0 Å². The van der Waals surface area contributed by atoms with E-state index in [1.54, 1.807) is 0 Å². The first kappa shape index (κ1) is 7.85. The van der Waals surface area contributed by atoms with E-state index in [1.807, 2.05) is 0 Å². The van der Waals surface area contributed by atoms with Crippen molar-refractivity contribution in [2.45, 2.75) is 31.5 Å².